The van der Waals surface area contributed by atoms with Crippen LogP contribution in [0.1, 0.15) is 24.8 Å². The van der Waals surface area contributed by atoms with Gasteiger partial charge in [0.25, 0.3) is 0 Å². The van der Waals surface area contributed by atoms with Gasteiger partial charge in [0.1, 0.15) is 0 Å². The van der Waals surface area contributed by atoms with E-state index in [0.717, 1.165) is 19.6 Å². The molecule has 2 atom stereocenters. The fourth-order valence-electron chi connectivity index (χ4n) is 3.39. The Morgan fingerprint density at radius 1 is 1.13 bits per heavy atom. The average Bonchev–Trinajstić information content (AvgIpc) is 2.82. The molecule has 2 heterocycles. The fraction of sp³-hybridized carbons (Fsp3) is 0.625. The van der Waals surface area contributed by atoms with Gasteiger partial charge in [0.05, 0.1) is 4.90 Å². The second-order valence-electron chi connectivity index (χ2n) is 6.59. The summed E-state index contributed by atoms with van der Waals surface area (Å²) in [5.41, 5.74) is 1.18. The van der Waals surface area contributed by atoms with Crippen LogP contribution in [0.5, 0.6) is 0 Å². The first-order valence-corrected chi connectivity index (χ1v) is 9.39. The normalized spacial score (nSPS) is 25.2. The van der Waals surface area contributed by atoms with E-state index in [9.17, 15) is 8.42 Å². The summed E-state index contributed by atoms with van der Waals surface area (Å²) in [5.74, 6) is 0. The lowest BCUT2D eigenvalue weighted by molar-refractivity contribution is 0.251. The smallest absolute Gasteiger partial charge is 0.242 e. The molecule has 2 bridgehead atoms. The quantitative estimate of drug-likeness (QED) is 0.888. The van der Waals surface area contributed by atoms with Crippen LogP contribution >= 0.6 is 12.4 Å². The molecule has 3 rings (SSSR count). The van der Waals surface area contributed by atoms with Crippen molar-refractivity contribution in [1.82, 2.24) is 14.5 Å². The summed E-state index contributed by atoms with van der Waals surface area (Å²) < 4.78 is 25.4. The maximum atomic E-state index is 12.1. The highest BCUT2D eigenvalue weighted by Crippen LogP contribution is 2.22. The summed E-state index contributed by atoms with van der Waals surface area (Å²) in [4.78, 5) is 2.84. The van der Waals surface area contributed by atoms with Gasteiger partial charge in [0, 0.05) is 45.8 Å². The zero-order chi connectivity index (χ0) is 15.7. The summed E-state index contributed by atoms with van der Waals surface area (Å²) in [6.45, 7) is 3.10. The highest BCUT2D eigenvalue weighted by atomic mass is 35.5. The van der Waals surface area contributed by atoms with E-state index >= 15 is 0 Å². The second kappa shape index (κ2) is 7.49. The van der Waals surface area contributed by atoms with Crippen LogP contribution in [0.4, 0.5) is 0 Å². The summed E-state index contributed by atoms with van der Waals surface area (Å²) in [6.07, 6.45) is 3.81. The molecule has 0 saturated carbocycles. The number of halogens is 1. The zero-order valence-corrected chi connectivity index (χ0v) is 15.4. The molecule has 2 saturated heterocycles. The molecule has 2 aliphatic rings. The Hall–Kier alpha value is -0.660. The van der Waals surface area contributed by atoms with Crippen molar-refractivity contribution in [3.05, 3.63) is 29.8 Å². The summed E-state index contributed by atoms with van der Waals surface area (Å²) in [5, 5.41) is 3.68. The SMILES string of the molecule is CN(C)S(=O)(=O)c1ccc(CN2CCC3CCC(C2)N3)cc1.Cl. The molecule has 0 aromatic heterocycles. The van der Waals surface area contributed by atoms with Crippen molar-refractivity contribution in [2.75, 3.05) is 27.2 Å². The van der Waals surface area contributed by atoms with Crippen LogP contribution in [-0.2, 0) is 16.6 Å². The summed E-state index contributed by atoms with van der Waals surface area (Å²) >= 11 is 0. The first-order valence-electron chi connectivity index (χ1n) is 7.95. The van der Waals surface area contributed by atoms with E-state index in [1.807, 2.05) is 12.1 Å². The van der Waals surface area contributed by atoms with E-state index in [4.69, 9.17) is 0 Å². The Morgan fingerprint density at radius 2 is 1.78 bits per heavy atom. The molecule has 5 nitrogen and oxygen atoms in total. The molecule has 1 aromatic rings. The third-order valence-electron chi connectivity index (χ3n) is 4.72. The van der Waals surface area contributed by atoms with Crippen LogP contribution in [0.25, 0.3) is 0 Å². The van der Waals surface area contributed by atoms with Crippen LogP contribution in [0.2, 0.25) is 0 Å². The molecule has 0 spiro atoms. The van der Waals surface area contributed by atoms with Crippen molar-refractivity contribution in [3.63, 3.8) is 0 Å². The highest BCUT2D eigenvalue weighted by molar-refractivity contribution is 7.89. The van der Waals surface area contributed by atoms with Gasteiger partial charge in [-0.25, -0.2) is 12.7 Å². The van der Waals surface area contributed by atoms with Gasteiger partial charge in [0.2, 0.25) is 10.0 Å². The van der Waals surface area contributed by atoms with Gasteiger partial charge in [-0.2, -0.15) is 0 Å². The van der Waals surface area contributed by atoms with Gasteiger partial charge in [-0.3, -0.25) is 4.90 Å². The number of likely N-dealkylation sites (tertiary alicyclic amines) is 1. The number of hydrogen-bond acceptors (Lipinski definition) is 4. The van der Waals surface area contributed by atoms with E-state index in [1.165, 1.54) is 29.1 Å². The Morgan fingerprint density at radius 3 is 2.43 bits per heavy atom. The van der Waals surface area contributed by atoms with Crippen LogP contribution in [-0.4, -0.2) is 56.9 Å². The van der Waals surface area contributed by atoms with E-state index < -0.39 is 10.0 Å². The Balaban J connectivity index is 0.00000192. The molecule has 0 amide bonds. The van der Waals surface area contributed by atoms with Crippen LogP contribution in [0, 0.1) is 0 Å². The molecule has 0 aliphatic carbocycles. The summed E-state index contributed by atoms with van der Waals surface area (Å²) in [7, 11) is -0.214. The minimum atomic E-state index is -3.33. The summed E-state index contributed by atoms with van der Waals surface area (Å²) in [6, 6.07) is 8.63. The molecule has 130 valence electrons. The maximum Gasteiger partial charge on any atom is 0.242 e. The lowest BCUT2D eigenvalue weighted by atomic mass is 10.1. The minimum Gasteiger partial charge on any atom is -0.310 e. The molecule has 2 aliphatic heterocycles. The zero-order valence-electron chi connectivity index (χ0n) is 13.7. The first-order chi connectivity index (χ1) is 10.4. The topological polar surface area (TPSA) is 52.7 Å². The number of fused-ring (bicyclic) bond motifs is 2. The lowest BCUT2D eigenvalue weighted by Gasteiger charge is -2.24. The van der Waals surface area contributed by atoms with Gasteiger partial charge in [0.15, 0.2) is 0 Å². The predicted molar refractivity (Wildman–Crippen MR) is 94.4 cm³/mol. The third kappa shape index (κ3) is 4.25. The van der Waals surface area contributed by atoms with Crippen molar-refractivity contribution in [2.45, 2.75) is 42.8 Å². The third-order valence-corrected chi connectivity index (χ3v) is 6.54. The van der Waals surface area contributed by atoms with Gasteiger partial charge in [-0.1, -0.05) is 12.1 Å². The van der Waals surface area contributed by atoms with Gasteiger partial charge in [-0.15, -0.1) is 12.4 Å². The number of nitrogens with one attached hydrogen (secondary N) is 1. The van der Waals surface area contributed by atoms with Crippen molar-refractivity contribution in [3.8, 4) is 0 Å². The van der Waals surface area contributed by atoms with E-state index in [2.05, 4.69) is 10.2 Å². The Bertz CT molecular complexity index is 619. The average molecular weight is 360 g/mol. The van der Waals surface area contributed by atoms with Gasteiger partial charge in [-0.05, 0) is 37.0 Å². The molecule has 0 radical (unpaired) electrons. The highest BCUT2D eigenvalue weighted by Gasteiger charge is 2.29. The minimum absolute atomic E-state index is 0. The predicted octanol–water partition coefficient (Wildman–Crippen LogP) is 1.69. The van der Waals surface area contributed by atoms with Crippen molar-refractivity contribution < 1.29 is 8.42 Å². The van der Waals surface area contributed by atoms with E-state index in [-0.39, 0.29) is 12.4 Å². The number of sulfonamides is 1. The molecule has 1 N–H and O–H groups in total. The Labute approximate surface area is 145 Å². The Kier molecular flexibility index (Phi) is 6.08. The molecule has 2 fully saturated rings. The molecule has 1 aromatic carbocycles. The van der Waals surface area contributed by atoms with Crippen LogP contribution in [0.3, 0.4) is 0 Å². The molecular formula is C16H26ClN3O2S. The number of benzene rings is 1. The van der Waals surface area contributed by atoms with Crippen molar-refractivity contribution in [1.29, 1.82) is 0 Å². The standard InChI is InChI=1S/C16H25N3O2S.ClH/c1-18(2)22(20,21)16-7-3-13(4-8-16)11-19-10-9-14-5-6-15(12-19)17-14;/h3-4,7-8,14-15,17H,5-6,9-12H2,1-2H3;1H. The first kappa shape index (κ1) is 18.7. The van der Waals surface area contributed by atoms with Crippen LogP contribution < -0.4 is 5.32 Å². The molecule has 7 heteroatoms. The van der Waals surface area contributed by atoms with E-state index in [0.29, 0.717) is 17.0 Å². The van der Waals surface area contributed by atoms with Crippen molar-refractivity contribution >= 4 is 22.4 Å². The van der Waals surface area contributed by atoms with Gasteiger partial charge >= 0.3 is 0 Å². The molecule has 2 unspecified atom stereocenters. The number of hydrogen-bond donors (Lipinski definition) is 1. The second-order valence-corrected chi connectivity index (χ2v) is 8.74. The number of nitrogens with zero attached hydrogens (tertiary/aromatic N) is 2. The monoisotopic (exact) mass is 359 g/mol. The molecule has 23 heavy (non-hydrogen) atoms. The fourth-order valence-corrected chi connectivity index (χ4v) is 4.30. The van der Waals surface area contributed by atoms with Crippen LogP contribution in [0.15, 0.2) is 29.2 Å². The lowest BCUT2D eigenvalue weighted by Crippen LogP contribution is -2.34. The largest absolute Gasteiger partial charge is 0.310 e. The van der Waals surface area contributed by atoms with Gasteiger partial charge < -0.3 is 5.32 Å². The molecular weight excluding hydrogens is 334 g/mol. The number of rotatable bonds is 4. The maximum absolute atomic E-state index is 12.1. The van der Waals surface area contributed by atoms with E-state index in [1.54, 1.807) is 26.2 Å². The van der Waals surface area contributed by atoms with Crippen molar-refractivity contribution in [2.24, 2.45) is 0 Å².